The molecule has 1 aliphatic heterocycles. The summed E-state index contributed by atoms with van der Waals surface area (Å²) in [5, 5.41) is 3.22. The third-order valence-electron chi connectivity index (χ3n) is 2.07. The first kappa shape index (κ1) is 8.44. The Hall–Kier alpha value is -0.660. The van der Waals surface area contributed by atoms with Gasteiger partial charge in [0.15, 0.2) is 0 Å². The van der Waals surface area contributed by atoms with Crippen molar-refractivity contribution in [2.45, 2.75) is 20.3 Å². The van der Waals surface area contributed by atoms with Crippen molar-refractivity contribution in [1.82, 2.24) is 10.2 Å². The van der Waals surface area contributed by atoms with Crippen LogP contribution < -0.4 is 5.32 Å². The van der Waals surface area contributed by atoms with Crippen molar-refractivity contribution in [3.05, 3.63) is 12.4 Å². The molecule has 0 saturated carbocycles. The van der Waals surface area contributed by atoms with Gasteiger partial charge in [-0.25, -0.2) is 0 Å². The van der Waals surface area contributed by atoms with Gasteiger partial charge in [-0.3, -0.25) is 0 Å². The molecule has 0 radical (unpaired) electrons. The lowest BCUT2D eigenvalue weighted by Gasteiger charge is -2.18. The highest BCUT2D eigenvalue weighted by Gasteiger charge is 2.12. The first-order valence-electron chi connectivity index (χ1n) is 4.38. The molecule has 0 aromatic carbocycles. The van der Waals surface area contributed by atoms with Crippen LogP contribution in [0, 0.1) is 5.92 Å². The molecule has 0 bridgehead atoms. The molecule has 0 aliphatic carbocycles. The zero-order valence-corrected chi connectivity index (χ0v) is 7.56. The summed E-state index contributed by atoms with van der Waals surface area (Å²) in [6, 6.07) is 0. The number of nitrogens with zero attached hydrogens (tertiary/aromatic N) is 1. The van der Waals surface area contributed by atoms with Gasteiger partial charge >= 0.3 is 0 Å². The molecule has 64 valence electrons. The fraction of sp³-hybridized carbons (Fsp3) is 0.778. The van der Waals surface area contributed by atoms with E-state index in [2.05, 4.69) is 30.6 Å². The van der Waals surface area contributed by atoms with Crippen LogP contribution >= 0.6 is 0 Å². The molecule has 1 rings (SSSR count). The van der Waals surface area contributed by atoms with E-state index in [1.165, 1.54) is 6.42 Å². The molecule has 0 unspecified atom stereocenters. The van der Waals surface area contributed by atoms with Crippen molar-refractivity contribution in [2.24, 2.45) is 5.92 Å². The quantitative estimate of drug-likeness (QED) is 0.661. The largest absolute Gasteiger partial charge is 0.370 e. The van der Waals surface area contributed by atoms with Crippen molar-refractivity contribution in [3.8, 4) is 0 Å². The Morgan fingerprint density at radius 2 is 2.36 bits per heavy atom. The van der Waals surface area contributed by atoms with Crippen LogP contribution in [0.1, 0.15) is 20.3 Å². The molecule has 0 aromatic rings. The number of nitrogens with one attached hydrogen (secondary N) is 1. The third kappa shape index (κ3) is 2.45. The van der Waals surface area contributed by atoms with Crippen molar-refractivity contribution in [2.75, 3.05) is 19.6 Å². The smallest absolute Gasteiger partial charge is 0.0939 e. The molecule has 1 fully saturated rings. The number of hydrogen-bond donors (Lipinski definition) is 1. The summed E-state index contributed by atoms with van der Waals surface area (Å²) in [4.78, 5) is 2.32. The van der Waals surface area contributed by atoms with Gasteiger partial charge in [-0.05, 0) is 12.3 Å². The van der Waals surface area contributed by atoms with E-state index in [0.717, 1.165) is 31.4 Å². The molecular formula is C9H18N2. The van der Waals surface area contributed by atoms with E-state index >= 15 is 0 Å². The summed E-state index contributed by atoms with van der Waals surface area (Å²) in [5.74, 6) is 1.90. The van der Waals surface area contributed by atoms with Gasteiger partial charge < -0.3 is 10.2 Å². The lowest BCUT2D eigenvalue weighted by molar-refractivity contribution is 0.361. The zero-order valence-electron chi connectivity index (χ0n) is 7.56. The van der Waals surface area contributed by atoms with Crippen LogP contribution in [-0.2, 0) is 0 Å². The van der Waals surface area contributed by atoms with E-state index in [4.69, 9.17) is 0 Å². The summed E-state index contributed by atoms with van der Waals surface area (Å²) in [5.41, 5.74) is 0. The first-order chi connectivity index (χ1) is 5.20. The summed E-state index contributed by atoms with van der Waals surface area (Å²) >= 11 is 0. The zero-order chi connectivity index (χ0) is 8.27. The lowest BCUT2D eigenvalue weighted by atomic mass is 10.1. The van der Waals surface area contributed by atoms with Crippen LogP contribution in [0.4, 0.5) is 0 Å². The molecule has 1 saturated heterocycles. The van der Waals surface area contributed by atoms with Crippen LogP contribution in [0.5, 0.6) is 0 Å². The SMILES string of the molecule is C=C1NCCN1CCC(C)C. The van der Waals surface area contributed by atoms with Gasteiger partial charge in [0.25, 0.3) is 0 Å². The Balaban J connectivity index is 2.20. The van der Waals surface area contributed by atoms with Crippen LogP contribution in [0.25, 0.3) is 0 Å². The minimum absolute atomic E-state index is 0.795. The number of hydrogen-bond acceptors (Lipinski definition) is 2. The highest BCUT2D eigenvalue weighted by atomic mass is 15.3. The average Bonchev–Trinajstić information content (AvgIpc) is 2.31. The second kappa shape index (κ2) is 3.65. The van der Waals surface area contributed by atoms with Crippen LogP contribution in [0.3, 0.4) is 0 Å². The van der Waals surface area contributed by atoms with Crippen molar-refractivity contribution in [3.63, 3.8) is 0 Å². The van der Waals surface area contributed by atoms with Crippen LogP contribution in [0.15, 0.2) is 12.4 Å². The normalized spacial score (nSPS) is 17.7. The highest BCUT2D eigenvalue weighted by molar-refractivity contribution is 4.96. The Labute approximate surface area is 69.3 Å². The fourth-order valence-corrected chi connectivity index (χ4v) is 1.24. The molecule has 11 heavy (non-hydrogen) atoms. The molecule has 1 heterocycles. The van der Waals surface area contributed by atoms with E-state index in [-0.39, 0.29) is 0 Å². The highest BCUT2D eigenvalue weighted by Crippen LogP contribution is 2.08. The third-order valence-corrected chi connectivity index (χ3v) is 2.07. The second-order valence-corrected chi connectivity index (χ2v) is 3.54. The van der Waals surface area contributed by atoms with Gasteiger partial charge in [0.1, 0.15) is 0 Å². The molecule has 0 atom stereocenters. The van der Waals surface area contributed by atoms with Gasteiger partial charge in [0.2, 0.25) is 0 Å². The molecule has 1 N–H and O–H groups in total. The average molecular weight is 154 g/mol. The second-order valence-electron chi connectivity index (χ2n) is 3.54. The number of rotatable bonds is 3. The topological polar surface area (TPSA) is 15.3 Å². The Kier molecular flexibility index (Phi) is 2.80. The molecule has 2 heteroatoms. The molecule has 2 nitrogen and oxygen atoms in total. The maximum atomic E-state index is 3.93. The first-order valence-corrected chi connectivity index (χ1v) is 4.38. The minimum atomic E-state index is 0.795. The Bertz CT molecular complexity index is 140. The predicted octanol–water partition coefficient (Wildman–Crippen LogP) is 1.41. The standard InChI is InChI=1S/C9H18N2/c1-8(2)4-6-11-7-5-10-9(11)3/h8,10H,3-7H2,1-2H3. The van der Waals surface area contributed by atoms with Gasteiger partial charge in [0, 0.05) is 19.6 Å². The fourth-order valence-electron chi connectivity index (χ4n) is 1.24. The van der Waals surface area contributed by atoms with Crippen molar-refractivity contribution < 1.29 is 0 Å². The molecule has 0 spiro atoms. The van der Waals surface area contributed by atoms with E-state index in [0.29, 0.717) is 0 Å². The van der Waals surface area contributed by atoms with Crippen LogP contribution in [-0.4, -0.2) is 24.5 Å². The molecule has 0 aromatic heterocycles. The van der Waals surface area contributed by atoms with Gasteiger partial charge in [-0.2, -0.15) is 0 Å². The Morgan fingerprint density at radius 3 is 2.82 bits per heavy atom. The van der Waals surface area contributed by atoms with E-state index in [1.54, 1.807) is 0 Å². The van der Waals surface area contributed by atoms with Gasteiger partial charge in [-0.1, -0.05) is 20.4 Å². The van der Waals surface area contributed by atoms with Crippen LogP contribution in [0.2, 0.25) is 0 Å². The van der Waals surface area contributed by atoms with E-state index < -0.39 is 0 Å². The van der Waals surface area contributed by atoms with Gasteiger partial charge in [-0.15, -0.1) is 0 Å². The maximum absolute atomic E-state index is 3.93. The summed E-state index contributed by atoms with van der Waals surface area (Å²) in [6.07, 6.45) is 1.26. The van der Waals surface area contributed by atoms with E-state index in [1.807, 2.05) is 0 Å². The molecule has 0 amide bonds. The summed E-state index contributed by atoms with van der Waals surface area (Å²) < 4.78 is 0. The molecule has 1 aliphatic rings. The minimum Gasteiger partial charge on any atom is -0.370 e. The predicted molar refractivity (Wildman–Crippen MR) is 48.2 cm³/mol. The summed E-state index contributed by atoms with van der Waals surface area (Å²) in [6.45, 7) is 11.8. The lowest BCUT2D eigenvalue weighted by Crippen LogP contribution is -2.21. The van der Waals surface area contributed by atoms with Crippen molar-refractivity contribution >= 4 is 0 Å². The monoisotopic (exact) mass is 154 g/mol. The Morgan fingerprint density at radius 1 is 1.64 bits per heavy atom. The van der Waals surface area contributed by atoms with Gasteiger partial charge in [0.05, 0.1) is 5.82 Å². The van der Waals surface area contributed by atoms with Crippen molar-refractivity contribution in [1.29, 1.82) is 0 Å². The molecular weight excluding hydrogens is 136 g/mol. The summed E-state index contributed by atoms with van der Waals surface area (Å²) in [7, 11) is 0. The van der Waals surface area contributed by atoms with E-state index in [9.17, 15) is 0 Å². The maximum Gasteiger partial charge on any atom is 0.0939 e.